The molecule has 0 aromatic carbocycles. The number of esters is 1. The normalized spacial score (nSPS) is 11.3. The molecule has 1 N–H and O–H groups in total. The first kappa shape index (κ1) is 22.1. The number of amides is 1. The van der Waals surface area contributed by atoms with Crippen LogP contribution < -0.4 is 5.32 Å². The standard InChI is InChI=1S/C20H30N4O3S/c1-8-27-19(26)18-17(12(4)5)22-20(28-18)21-16(25)9-15-13(6)23-24(14(15)7)10-11(2)3/h11-12H,8-10H2,1-7H3,(H,21,22,25). The number of nitrogens with zero attached hydrogens (tertiary/aromatic N) is 3. The molecule has 154 valence electrons. The van der Waals surface area contributed by atoms with Crippen LogP contribution in [0.1, 0.15) is 72.9 Å². The Hall–Kier alpha value is -2.22. The topological polar surface area (TPSA) is 86.1 Å². The van der Waals surface area contributed by atoms with Gasteiger partial charge in [0.15, 0.2) is 5.13 Å². The summed E-state index contributed by atoms with van der Waals surface area (Å²) in [6.45, 7) is 15.0. The second kappa shape index (κ2) is 9.32. The number of carbonyl (C=O) groups excluding carboxylic acids is 2. The lowest BCUT2D eigenvalue weighted by atomic mass is 10.1. The van der Waals surface area contributed by atoms with Crippen molar-refractivity contribution < 1.29 is 14.3 Å². The largest absolute Gasteiger partial charge is 0.462 e. The van der Waals surface area contributed by atoms with Crippen LogP contribution in [0.25, 0.3) is 0 Å². The van der Waals surface area contributed by atoms with Crippen molar-refractivity contribution in [3.8, 4) is 0 Å². The number of aromatic nitrogens is 3. The van der Waals surface area contributed by atoms with Gasteiger partial charge >= 0.3 is 5.97 Å². The van der Waals surface area contributed by atoms with Gasteiger partial charge in [-0.05, 0) is 32.6 Å². The summed E-state index contributed by atoms with van der Waals surface area (Å²) in [6.07, 6.45) is 0.223. The molecule has 0 aliphatic carbocycles. The molecular weight excluding hydrogens is 376 g/mol. The highest BCUT2D eigenvalue weighted by atomic mass is 32.1. The molecular formula is C20H30N4O3S. The number of thiazole rings is 1. The van der Waals surface area contributed by atoms with Gasteiger partial charge < -0.3 is 10.1 Å². The minimum atomic E-state index is -0.397. The van der Waals surface area contributed by atoms with Crippen molar-refractivity contribution in [2.75, 3.05) is 11.9 Å². The van der Waals surface area contributed by atoms with Crippen LogP contribution in [0.5, 0.6) is 0 Å². The van der Waals surface area contributed by atoms with E-state index in [0.717, 1.165) is 34.8 Å². The lowest BCUT2D eigenvalue weighted by molar-refractivity contribution is -0.115. The number of rotatable bonds is 8. The molecule has 0 aliphatic heterocycles. The van der Waals surface area contributed by atoms with Gasteiger partial charge in [0.05, 0.1) is 24.4 Å². The Morgan fingerprint density at radius 3 is 2.46 bits per heavy atom. The molecule has 28 heavy (non-hydrogen) atoms. The lowest BCUT2D eigenvalue weighted by Gasteiger charge is -2.08. The number of nitrogens with one attached hydrogen (secondary N) is 1. The highest BCUT2D eigenvalue weighted by molar-refractivity contribution is 7.17. The van der Waals surface area contributed by atoms with Crippen LogP contribution in [0.15, 0.2) is 0 Å². The molecule has 2 heterocycles. The van der Waals surface area contributed by atoms with Crippen LogP contribution in [0.4, 0.5) is 5.13 Å². The maximum absolute atomic E-state index is 12.6. The van der Waals surface area contributed by atoms with Crippen molar-refractivity contribution in [1.29, 1.82) is 0 Å². The Kier molecular flexibility index (Phi) is 7.35. The third-order valence-corrected chi connectivity index (χ3v) is 5.28. The van der Waals surface area contributed by atoms with Crippen molar-refractivity contribution in [3.63, 3.8) is 0 Å². The summed E-state index contributed by atoms with van der Waals surface area (Å²) in [7, 11) is 0. The minimum Gasteiger partial charge on any atom is -0.462 e. The van der Waals surface area contributed by atoms with E-state index in [4.69, 9.17) is 4.74 Å². The number of anilines is 1. The van der Waals surface area contributed by atoms with E-state index in [1.54, 1.807) is 6.92 Å². The highest BCUT2D eigenvalue weighted by Gasteiger charge is 2.23. The van der Waals surface area contributed by atoms with Crippen LogP contribution >= 0.6 is 11.3 Å². The number of ether oxygens (including phenoxy) is 1. The maximum atomic E-state index is 12.6. The summed E-state index contributed by atoms with van der Waals surface area (Å²) < 4.78 is 7.07. The number of hydrogen-bond acceptors (Lipinski definition) is 6. The van der Waals surface area contributed by atoms with Crippen LogP contribution in [0.2, 0.25) is 0 Å². The summed E-state index contributed by atoms with van der Waals surface area (Å²) in [5.74, 6) is -0.0357. The van der Waals surface area contributed by atoms with Crippen molar-refractivity contribution in [2.24, 2.45) is 5.92 Å². The van der Waals surface area contributed by atoms with Gasteiger partial charge in [-0.3, -0.25) is 9.48 Å². The fourth-order valence-electron chi connectivity index (χ4n) is 2.96. The van der Waals surface area contributed by atoms with Gasteiger partial charge in [-0.1, -0.05) is 39.0 Å². The summed E-state index contributed by atoms with van der Waals surface area (Å²) in [6, 6.07) is 0. The van der Waals surface area contributed by atoms with Crippen LogP contribution in [-0.4, -0.2) is 33.2 Å². The fourth-order valence-corrected chi connectivity index (χ4v) is 3.99. The Labute approximate surface area is 170 Å². The van der Waals surface area contributed by atoms with E-state index in [1.165, 1.54) is 0 Å². The zero-order valence-corrected chi connectivity index (χ0v) is 18.6. The monoisotopic (exact) mass is 406 g/mol. The summed E-state index contributed by atoms with van der Waals surface area (Å²) >= 11 is 1.16. The number of hydrogen-bond donors (Lipinski definition) is 1. The zero-order valence-electron chi connectivity index (χ0n) is 17.8. The molecule has 0 saturated carbocycles. The molecule has 0 saturated heterocycles. The fraction of sp³-hybridized carbons (Fsp3) is 0.600. The molecule has 2 aromatic heterocycles. The van der Waals surface area contributed by atoms with Crippen LogP contribution in [-0.2, 0) is 22.5 Å². The van der Waals surface area contributed by atoms with Crippen molar-refractivity contribution in [2.45, 2.75) is 67.3 Å². The average molecular weight is 407 g/mol. The molecule has 0 fully saturated rings. The molecule has 0 unspecified atom stereocenters. The van der Waals surface area contributed by atoms with E-state index in [2.05, 4.69) is 29.2 Å². The van der Waals surface area contributed by atoms with E-state index in [9.17, 15) is 9.59 Å². The first-order chi connectivity index (χ1) is 13.1. The molecule has 1 amide bonds. The van der Waals surface area contributed by atoms with Gasteiger partial charge in [0.2, 0.25) is 5.91 Å². The first-order valence-electron chi connectivity index (χ1n) is 9.64. The molecule has 0 spiro atoms. The molecule has 0 bridgehead atoms. The van der Waals surface area contributed by atoms with E-state index < -0.39 is 5.97 Å². The molecule has 2 aromatic rings. The predicted molar refractivity (Wildman–Crippen MR) is 111 cm³/mol. The van der Waals surface area contributed by atoms with E-state index in [1.807, 2.05) is 32.4 Å². The van der Waals surface area contributed by atoms with Crippen molar-refractivity contribution in [3.05, 3.63) is 27.5 Å². The Morgan fingerprint density at radius 2 is 1.89 bits per heavy atom. The third kappa shape index (κ3) is 5.19. The molecule has 2 rings (SSSR count). The second-order valence-electron chi connectivity index (χ2n) is 7.56. The van der Waals surface area contributed by atoms with Crippen molar-refractivity contribution in [1.82, 2.24) is 14.8 Å². The van der Waals surface area contributed by atoms with Gasteiger partial charge in [0, 0.05) is 17.8 Å². The summed E-state index contributed by atoms with van der Waals surface area (Å²) in [4.78, 5) is 29.7. The molecule has 0 atom stereocenters. The zero-order chi connectivity index (χ0) is 21.0. The molecule has 0 radical (unpaired) electrons. The van der Waals surface area contributed by atoms with Crippen LogP contribution in [0.3, 0.4) is 0 Å². The van der Waals surface area contributed by atoms with Crippen molar-refractivity contribution >= 4 is 28.3 Å². The predicted octanol–water partition coefficient (Wildman–Crippen LogP) is 4.09. The van der Waals surface area contributed by atoms with Gasteiger partial charge in [-0.25, -0.2) is 9.78 Å². The van der Waals surface area contributed by atoms with E-state index in [0.29, 0.717) is 28.2 Å². The van der Waals surface area contributed by atoms with Gasteiger partial charge in [0.25, 0.3) is 0 Å². The van der Waals surface area contributed by atoms with E-state index >= 15 is 0 Å². The molecule has 0 aliphatic rings. The average Bonchev–Trinajstić information content (AvgIpc) is 3.12. The van der Waals surface area contributed by atoms with Crippen LogP contribution in [0, 0.1) is 19.8 Å². The molecule has 8 heteroatoms. The van der Waals surface area contributed by atoms with Gasteiger partial charge in [-0.15, -0.1) is 0 Å². The van der Waals surface area contributed by atoms with Gasteiger partial charge in [-0.2, -0.15) is 5.10 Å². The maximum Gasteiger partial charge on any atom is 0.350 e. The van der Waals surface area contributed by atoms with Gasteiger partial charge in [0.1, 0.15) is 4.88 Å². The highest BCUT2D eigenvalue weighted by Crippen LogP contribution is 2.29. The summed E-state index contributed by atoms with van der Waals surface area (Å²) in [5.41, 5.74) is 3.46. The number of aryl methyl sites for hydroxylation is 1. The smallest absolute Gasteiger partial charge is 0.350 e. The Balaban J connectivity index is 2.17. The summed E-state index contributed by atoms with van der Waals surface area (Å²) in [5, 5.41) is 7.81. The quantitative estimate of drug-likeness (QED) is 0.667. The SMILES string of the molecule is CCOC(=O)c1sc(NC(=O)Cc2c(C)nn(CC(C)C)c2C)nc1C(C)C. The third-order valence-electron chi connectivity index (χ3n) is 4.31. The lowest BCUT2D eigenvalue weighted by Crippen LogP contribution is -2.15. The first-order valence-corrected chi connectivity index (χ1v) is 10.5. The minimum absolute atomic E-state index is 0.0556. The number of carbonyl (C=O) groups is 2. The Morgan fingerprint density at radius 1 is 1.21 bits per heavy atom. The Bertz CT molecular complexity index is 852. The second-order valence-corrected chi connectivity index (χ2v) is 8.56. The molecule has 7 nitrogen and oxygen atoms in total. The van der Waals surface area contributed by atoms with E-state index in [-0.39, 0.29) is 18.2 Å².